The molecule has 1 aromatic rings. The maximum absolute atomic E-state index is 11.9. The Hall–Kier alpha value is -0.720. The summed E-state index contributed by atoms with van der Waals surface area (Å²) in [7, 11) is -3.17. The third-order valence-corrected chi connectivity index (χ3v) is 5.98. The molecule has 6 heteroatoms. The Morgan fingerprint density at radius 3 is 2.76 bits per heavy atom. The van der Waals surface area contributed by atoms with Crippen LogP contribution in [0.15, 0.2) is 12.1 Å². The first-order chi connectivity index (χ1) is 8.03. The molecule has 1 aromatic heterocycles. The molecule has 0 aliphatic carbocycles. The largest absolute Gasteiger partial charge is 0.292 e. The van der Waals surface area contributed by atoms with E-state index in [1.165, 1.54) is 15.6 Å². The van der Waals surface area contributed by atoms with E-state index in [4.69, 9.17) is 0 Å². The Morgan fingerprint density at radius 2 is 2.24 bits per heavy atom. The maximum atomic E-state index is 11.9. The normalized spacial score (nSPS) is 19.6. The Labute approximate surface area is 105 Å². The van der Waals surface area contributed by atoms with Crippen molar-refractivity contribution >= 4 is 27.1 Å². The number of hydrogen-bond donors (Lipinski definition) is 0. The number of Topliss-reactive ketones (excluding diaryl/α,β-unsaturated/α-hetero) is 1. The van der Waals surface area contributed by atoms with Crippen LogP contribution < -0.4 is 0 Å². The van der Waals surface area contributed by atoms with Crippen molar-refractivity contribution in [3.63, 3.8) is 0 Å². The fraction of sp³-hybridized carbons (Fsp3) is 0.545. The smallest absolute Gasteiger partial charge is 0.214 e. The molecule has 1 fully saturated rings. The Bertz CT molecular complexity index is 519. The van der Waals surface area contributed by atoms with Gasteiger partial charge in [-0.3, -0.25) is 4.79 Å². The van der Waals surface area contributed by atoms with Crippen molar-refractivity contribution in [2.24, 2.45) is 0 Å². The predicted molar refractivity (Wildman–Crippen MR) is 68.0 cm³/mol. The van der Waals surface area contributed by atoms with E-state index < -0.39 is 10.0 Å². The van der Waals surface area contributed by atoms with Gasteiger partial charge < -0.3 is 0 Å². The molecule has 0 amide bonds. The van der Waals surface area contributed by atoms with Gasteiger partial charge in [0.1, 0.15) is 0 Å². The first kappa shape index (κ1) is 12.7. The van der Waals surface area contributed by atoms with Crippen LogP contribution >= 0.6 is 11.3 Å². The van der Waals surface area contributed by atoms with Crippen molar-refractivity contribution in [1.82, 2.24) is 4.31 Å². The molecule has 2 rings (SSSR count). The van der Waals surface area contributed by atoms with Crippen LogP contribution in [0.2, 0.25) is 0 Å². The summed E-state index contributed by atoms with van der Waals surface area (Å²) in [6, 6.07) is 3.71. The number of nitrogens with zero attached hydrogens (tertiary/aromatic N) is 1. The molecular formula is C11H15NO3S2. The SMILES string of the molecule is CCc1ccc(C(=O)CN2CCCS2(=O)=O)s1. The quantitative estimate of drug-likeness (QED) is 0.782. The molecule has 0 aromatic carbocycles. The molecule has 0 radical (unpaired) electrons. The van der Waals surface area contributed by atoms with Crippen LogP contribution in [0.4, 0.5) is 0 Å². The zero-order chi connectivity index (χ0) is 12.5. The summed E-state index contributed by atoms with van der Waals surface area (Å²) in [4.78, 5) is 13.7. The second-order valence-electron chi connectivity index (χ2n) is 4.05. The van der Waals surface area contributed by atoms with Crippen molar-refractivity contribution in [3.05, 3.63) is 21.9 Å². The minimum atomic E-state index is -3.17. The van der Waals surface area contributed by atoms with Gasteiger partial charge in [-0.1, -0.05) is 6.92 Å². The molecule has 4 nitrogen and oxygen atoms in total. The lowest BCUT2D eigenvalue weighted by atomic mass is 10.3. The highest BCUT2D eigenvalue weighted by Gasteiger charge is 2.30. The first-order valence-electron chi connectivity index (χ1n) is 5.62. The lowest BCUT2D eigenvalue weighted by Gasteiger charge is -2.11. The number of hydrogen-bond acceptors (Lipinski definition) is 4. The summed E-state index contributed by atoms with van der Waals surface area (Å²) >= 11 is 1.45. The van der Waals surface area contributed by atoms with E-state index in [0.29, 0.717) is 17.8 Å². The van der Waals surface area contributed by atoms with Gasteiger partial charge in [0.15, 0.2) is 5.78 Å². The number of aryl methyl sites for hydroxylation is 1. The van der Waals surface area contributed by atoms with E-state index in [1.807, 2.05) is 13.0 Å². The van der Waals surface area contributed by atoms with Gasteiger partial charge in [0.05, 0.1) is 17.2 Å². The van der Waals surface area contributed by atoms with Crippen molar-refractivity contribution in [2.75, 3.05) is 18.8 Å². The third-order valence-electron chi connectivity index (χ3n) is 2.81. The third kappa shape index (κ3) is 2.75. The summed E-state index contributed by atoms with van der Waals surface area (Å²) in [5.41, 5.74) is 0. The number of thiophene rings is 1. The van der Waals surface area contributed by atoms with Gasteiger partial charge in [0.25, 0.3) is 0 Å². The zero-order valence-corrected chi connectivity index (χ0v) is 11.3. The molecule has 0 atom stereocenters. The molecular weight excluding hydrogens is 258 g/mol. The highest BCUT2D eigenvalue weighted by molar-refractivity contribution is 7.89. The minimum absolute atomic E-state index is 0.00794. The lowest BCUT2D eigenvalue weighted by Crippen LogP contribution is -2.31. The molecule has 94 valence electrons. The highest BCUT2D eigenvalue weighted by atomic mass is 32.2. The number of carbonyl (C=O) groups is 1. The van der Waals surface area contributed by atoms with Crippen molar-refractivity contribution in [2.45, 2.75) is 19.8 Å². The second-order valence-corrected chi connectivity index (χ2v) is 7.30. The molecule has 2 heterocycles. The zero-order valence-electron chi connectivity index (χ0n) is 9.68. The van der Waals surface area contributed by atoms with E-state index in [-0.39, 0.29) is 18.1 Å². The number of sulfonamides is 1. The molecule has 0 saturated carbocycles. The van der Waals surface area contributed by atoms with Crippen LogP contribution in [0.25, 0.3) is 0 Å². The first-order valence-corrected chi connectivity index (χ1v) is 8.05. The molecule has 0 unspecified atom stereocenters. The van der Waals surface area contributed by atoms with Crippen molar-refractivity contribution < 1.29 is 13.2 Å². The van der Waals surface area contributed by atoms with Crippen LogP contribution in [0, 0.1) is 0 Å². The molecule has 0 N–H and O–H groups in total. The van der Waals surface area contributed by atoms with Crippen LogP contribution in [-0.2, 0) is 16.4 Å². The molecule has 0 bridgehead atoms. The van der Waals surface area contributed by atoms with Crippen LogP contribution in [0.1, 0.15) is 27.9 Å². The van der Waals surface area contributed by atoms with Gasteiger partial charge in [0, 0.05) is 11.4 Å². The van der Waals surface area contributed by atoms with Gasteiger partial charge >= 0.3 is 0 Å². The topological polar surface area (TPSA) is 54.5 Å². The standard InChI is InChI=1S/C11H15NO3S2/c1-2-9-4-5-11(16-9)10(13)8-12-6-3-7-17(12,14)15/h4-5H,2-3,6-8H2,1H3. The van der Waals surface area contributed by atoms with Crippen LogP contribution in [-0.4, -0.2) is 37.3 Å². The van der Waals surface area contributed by atoms with Gasteiger partial charge in [-0.15, -0.1) is 11.3 Å². The van der Waals surface area contributed by atoms with Crippen molar-refractivity contribution in [3.8, 4) is 0 Å². The van der Waals surface area contributed by atoms with Gasteiger partial charge in [-0.2, -0.15) is 4.31 Å². The molecule has 1 saturated heterocycles. The summed E-state index contributed by atoms with van der Waals surface area (Å²) in [5.74, 6) is 0.0745. The number of ketones is 1. The molecule has 1 aliphatic heterocycles. The summed E-state index contributed by atoms with van der Waals surface area (Å²) in [6.07, 6.45) is 1.53. The van der Waals surface area contributed by atoms with E-state index in [0.717, 1.165) is 11.3 Å². The van der Waals surface area contributed by atoms with Crippen molar-refractivity contribution in [1.29, 1.82) is 0 Å². The second kappa shape index (κ2) is 4.88. The Morgan fingerprint density at radius 1 is 1.47 bits per heavy atom. The van der Waals surface area contributed by atoms with Gasteiger partial charge in [0.2, 0.25) is 10.0 Å². The summed E-state index contributed by atoms with van der Waals surface area (Å²) < 4.78 is 24.4. The van der Waals surface area contributed by atoms with Gasteiger partial charge in [-0.25, -0.2) is 8.42 Å². The molecule has 17 heavy (non-hydrogen) atoms. The van der Waals surface area contributed by atoms with Gasteiger partial charge in [-0.05, 0) is 25.0 Å². The van der Waals surface area contributed by atoms with E-state index in [1.54, 1.807) is 6.07 Å². The number of carbonyl (C=O) groups excluding carboxylic acids is 1. The molecule has 1 aliphatic rings. The fourth-order valence-corrected chi connectivity index (χ4v) is 4.18. The van der Waals surface area contributed by atoms with Crippen LogP contribution in [0.3, 0.4) is 0 Å². The minimum Gasteiger partial charge on any atom is -0.292 e. The monoisotopic (exact) mass is 273 g/mol. The summed E-state index contributed by atoms with van der Waals surface area (Å²) in [5, 5.41) is 0. The fourth-order valence-electron chi connectivity index (χ4n) is 1.82. The average Bonchev–Trinajstić information content (AvgIpc) is 2.86. The molecule has 0 spiro atoms. The van der Waals surface area contributed by atoms with E-state index >= 15 is 0 Å². The van der Waals surface area contributed by atoms with E-state index in [2.05, 4.69) is 0 Å². The Balaban J connectivity index is 2.07. The predicted octanol–water partition coefficient (Wildman–Crippen LogP) is 1.53. The van der Waals surface area contributed by atoms with E-state index in [9.17, 15) is 13.2 Å². The Kier molecular flexibility index (Phi) is 3.65. The average molecular weight is 273 g/mol. The maximum Gasteiger partial charge on any atom is 0.214 e. The number of rotatable bonds is 4. The summed E-state index contributed by atoms with van der Waals surface area (Å²) in [6.45, 7) is 2.50. The lowest BCUT2D eigenvalue weighted by molar-refractivity contribution is 0.0973. The van der Waals surface area contributed by atoms with Crippen LogP contribution in [0.5, 0.6) is 0 Å². The highest BCUT2D eigenvalue weighted by Crippen LogP contribution is 2.20.